The Morgan fingerprint density at radius 2 is 2.00 bits per heavy atom. The van der Waals surface area contributed by atoms with E-state index in [1.807, 2.05) is 19.1 Å². The second-order valence-electron chi connectivity index (χ2n) is 4.07. The Bertz CT molecular complexity index is 572. The van der Waals surface area contributed by atoms with E-state index in [1.165, 1.54) is 6.07 Å². The van der Waals surface area contributed by atoms with E-state index in [2.05, 4.69) is 0 Å². The highest BCUT2D eigenvalue weighted by atomic mass is 35.5. The summed E-state index contributed by atoms with van der Waals surface area (Å²) in [7, 11) is 0. The van der Waals surface area contributed by atoms with Gasteiger partial charge in [0.05, 0.1) is 5.02 Å². The zero-order valence-corrected chi connectivity index (χ0v) is 10.7. The van der Waals surface area contributed by atoms with Crippen molar-refractivity contribution in [1.29, 1.82) is 0 Å². The Balaban J connectivity index is 2.13. The lowest BCUT2D eigenvalue weighted by molar-refractivity contribution is 0.300. The van der Waals surface area contributed by atoms with E-state index < -0.39 is 0 Å². The molecule has 0 aliphatic carbocycles. The number of anilines is 1. The average Bonchev–Trinajstić information content (AvgIpc) is 2.32. The molecule has 2 N–H and O–H groups in total. The van der Waals surface area contributed by atoms with Gasteiger partial charge in [-0.25, -0.2) is 4.39 Å². The van der Waals surface area contributed by atoms with E-state index in [9.17, 15) is 4.39 Å². The van der Waals surface area contributed by atoms with Gasteiger partial charge in [0, 0.05) is 11.3 Å². The maximum atomic E-state index is 13.5. The van der Waals surface area contributed by atoms with Crippen molar-refractivity contribution in [2.24, 2.45) is 0 Å². The Labute approximate surface area is 110 Å². The van der Waals surface area contributed by atoms with Crippen molar-refractivity contribution in [3.8, 4) is 5.75 Å². The first-order valence-electron chi connectivity index (χ1n) is 5.49. The van der Waals surface area contributed by atoms with Gasteiger partial charge in [-0.2, -0.15) is 0 Å². The molecule has 0 radical (unpaired) electrons. The monoisotopic (exact) mass is 265 g/mol. The molecule has 0 unspecified atom stereocenters. The van der Waals surface area contributed by atoms with Gasteiger partial charge in [-0.3, -0.25) is 0 Å². The van der Waals surface area contributed by atoms with Crippen LogP contribution in [0.1, 0.15) is 11.1 Å². The first-order chi connectivity index (χ1) is 8.56. The van der Waals surface area contributed by atoms with Crippen molar-refractivity contribution in [3.63, 3.8) is 0 Å². The van der Waals surface area contributed by atoms with Gasteiger partial charge in [0.2, 0.25) is 0 Å². The summed E-state index contributed by atoms with van der Waals surface area (Å²) < 4.78 is 19.1. The van der Waals surface area contributed by atoms with Gasteiger partial charge in [0.25, 0.3) is 0 Å². The summed E-state index contributed by atoms with van der Waals surface area (Å²) in [5.41, 5.74) is 7.35. The Morgan fingerprint density at radius 1 is 1.22 bits per heavy atom. The number of rotatable bonds is 3. The fraction of sp³-hybridized carbons (Fsp3) is 0.143. The minimum atomic E-state index is -0.376. The molecule has 0 aliphatic rings. The van der Waals surface area contributed by atoms with Crippen LogP contribution in [0.15, 0.2) is 36.4 Å². The molecule has 2 nitrogen and oxygen atoms in total. The fourth-order valence-corrected chi connectivity index (χ4v) is 1.73. The van der Waals surface area contributed by atoms with Crippen molar-refractivity contribution >= 4 is 17.3 Å². The summed E-state index contributed by atoms with van der Waals surface area (Å²) >= 11 is 5.99. The molecule has 0 aromatic heterocycles. The van der Waals surface area contributed by atoms with Crippen LogP contribution in [-0.2, 0) is 6.61 Å². The topological polar surface area (TPSA) is 35.2 Å². The minimum Gasteiger partial charge on any atom is -0.487 e. The van der Waals surface area contributed by atoms with Crippen LogP contribution in [0.2, 0.25) is 5.02 Å². The molecule has 0 saturated heterocycles. The Morgan fingerprint density at radius 3 is 2.72 bits per heavy atom. The van der Waals surface area contributed by atoms with Crippen LogP contribution in [-0.4, -0.2) is 0 Å². The highest BCUT2D eigenvalue weighted by molar-refractivity contribution is 6.32. The molecule has 0 heterocycles. The molecular formula is C14H13ClFNO. The SMILES string of the molecule is Cc1ccc(Cl)c(OCc2ccc(N)cc2F)c1. The van der Waals surface area contributed by atoms with Gasteiger partial charge in [-0.15, -0.1) is 0 Å². The Hall–Kier alpha value is -1.74. The molecule has 0 saturated carbocycles. The van der Waals surface area contributed by atoms with E-state index in [-0.39, 0.29) is 12.4 Å². The standard InChI is InChI=1S/C14H13ClFNO/c1-9-2-5-12(15)14(6-9)18-8-10-3-4-11(17)7-13(10)16/h2-7H,8,17H2,1H3. The second kappa shape index (κ2) is 5.27. The highest BCUT2D eigenvalue weighted by Gasteiger charge is 2.06. The molecule has 0 spiro atoms. The van der Waals surface area contributed by atoms with E-state index >= 15 is 0 Å². The normalized spacial score (nSPS) is 10.4. The molecule has 2 aromatic carbocycles. The third kappa shape index (κ3) is 2.93. The van der Waals surface area contributed by atoms with Crippen molar-refractivity contribution < 1.29 is 9.13 Å². The predicted octanol–water partition coefficient (Wildman–Crippen LogP) is 3.95. The number of aryl methyl sites for hydroxylation is 1. The zero-order chi connectivity index (χ0) is 13.1. The van der Waals surface area contributed by atoms with Gasteiger partial charge in [-0.1, -0.05) is 23.7 Å². The molecular weight excluding hydrogens is 253 g/mol. The first kappa shape index (κ1) is 12.7. The molecule has 0 bridgehead atoms. The number of nitrogens with two attached hydrogens (primary N) is 1. The zero-order valence-electron chi connectivity index (χ0n) is 9.91. The first-order valence-corrected chi connectivity index (χ1v) is 5.87. The van der Waals surface area contributed by atoms with Crippen molar-refractivity contribution in [2.75, 3.05) is 5.73 Å². The van der Waals surface area contributed by atoms with Crippen LogP contribution >= 0.6 is 11.6 Å². The van der Waals surface area contributed by atoms with Crippen LogP contribution in [0.3, 0.4) is 0 Å². The molecule has 0 aliphatic heterocycles. The van der Waals surface area contributed by atoms with Gasteiger partial charge >= 0.3 is 0 Å². The van der Waals surface area contributed by atoms with Gasteiger partial charge in [0.1, 0.15) is 18.2 Å². The largest absolute Gasteiger partial charge is 0.487 e. The fourth-order valence-electron chi connectivity index (χ4n) is 1.56. The Kier molecular flexibility index (Phi) is 3.72. The van der Waals surface area contributed by atoms with Crippen molar-refractivity contribution in [3.05, 3.63) is 58.4 Å². The van der Waals surface area contributed by atoms with Crippen LogP contribution in [0.25, 0.3) is 0 Å². The molecule has 2 aromatic rings. The van der Waals surface area contributed by atoms with Gasteiger partial charge < -0.3 is 10.5 Å². The molecule has 18 heavy (non-hydrogen) atoms. The maximum absolute atomic E-state index is 13.5. The number of hydrogen-bond acceptors (Lipinski definition) is 2. The van der Waals surface area contributed by atoms with E-state index in [4.69, 9.17) is 22.1 Å². The van der Waals surface area contributed by atoms with Gasteiger partial charge in [-0.05, 0) is 36.8 Å². The predicted molar refractivity (Wildman–Crippen MR) is 71.3 cm³/mol. The molecule has 94 valence electrons. The summed E-state index contributed by atoms with van der Waals surface area (Å²) in [6.45, 7) is 2.06. The van der Waals surface area contributed by atoms with Crippen LogP contribution in [0.5, 0.6) is 5.75 Å². The average molecular weight is 266 g/mol. The molecule has 0 atom stereocenters. The lowest BCUT2D eigenvalue weighted by atomic mass is 10.2. The minimum absolute atomic E-state index is 0.120. The van der Waals surface area contributed by atoms with Crippen LogP contribution in [0.4, 0.5) is 10.1 Å². The third-order valence-electron chi connectivity index (χ3n) is 2.55. The van der Waals surface area contributed by atoms with Crippen LogP contribution < -0.4 is 10.5 Å². The number of hydrogen-bond donors (Lipinski definition) is 1. The smallest absolute Gasteiger partial charge is 0.138 e. The van der Waals surface area contributed by atoms with E-state index in [0.717, 1.165) is 5.56 Å². The summed E-state index contributed by atoms with van der Waals surface area (Å²) in [4.78, 5) is 0. The molecule has 0 amide bonds. The summed E-state index contributed by atoms with van der Waals surface area (Å²) in [6.07, 6.45) is 0. The number of benzene rings is 2. The quantitative estimate of drug-likeness (QED) is 0.853. The summed E-state index contributed by atoms with van der Waals surface area (Å²) in [6, 6.07) is 9.98. The third-order valence-corrected chi connectivity index (χ3v) is 2.86. The van der Waals surface area contributed by atoms with E-state index in [0.29, 0.717) is 22.0 Å². The van der Waals surface area contributed by atoms with E-state index in [1.54, 1.807) is 18.2 Å². The summed E-state index contributed by atoms with van der Waals surface area (Å²) in [5.74, 6) is 0.173. The molecule has 0 fully saturated rings. The number of ether oxygens (including phenoxy) is 1. The number of nitrogen functional groups attached to an aromatic ring is 1. The number of halogens is 2. The van der Waals surface area contributed by atoms with Gasteiger partial charge in [0.15, 0.2) is 0 Å². The summed E-state index contributed by atoms with van der Waals surface area (Å²) in [5, 5.41) is 0.511. The lowest BCUT2D eigenvalue weighted by Gasteiger charge is -2.09. The highest BCUT2D eigenvalue weighted by Crippen LogP contribution is 2.26. The molecule has 4 heteroatoms. The second-order valence-corrected chi connectivity index (χ2v) is 4.48. The maximum Gasteiger partial charge on any atom is 0.138 e. The van der Waals surface area contributed by atoms with Crippen LogP contribution in [0, 0.1) is 12.7 Å². The van der Waals surface area contributed by atoms with Crippen molar-refractivity contribution in [1.82, 2.24) is 0 Å². The lowest BCUT2D eigenvalue weighted by Crippen LogP contribution is -2.00. The van der Waals surface area contributed by atoms with Crippen molar-refractivity contribution in [2.45, 2.75) is 13.5 Å². The molecule has 2 rings (SSSR count).